The molecular formula is C11H8NNaO4. The fourth-order valence-corrected chi connectivity index (χ4v) is 1.44. The minimum atomic E-state index is -1.18. The number of rotatable bonds is 2. The summed E-state index contributed by atoms with van der Waals surface area (Å²) >= 11 is 0. The zero-order valence-corrected chi connectivity index (χ0v) is 8.04. The quantitative estimate of drug-likeness (QED) is 0.765. The Hall–Kier alpha value is -1.43. The molecule has 0 aliphatic heterocycles. The second kappa shape index (κ2) is 5.27. The molecule has 1 heterocycles. The topological polar surface area (TPSA) is 87.5 Å². The fourth-order valence-electron chi connectivity index (χ4n) is 1.44. The number of hydrogen-bond donors (Lipinski definition) is 2. The molecule has 1 aromatic heterocycles. The van der Waals surface area contributed by atoms with Gasteiger partial charge in [-0.3, -0.25) is 0 Å². The maximum atomic E-state index is 10.9. The molecule has 17 heavy (non-hydrogen) atoms. The Morgan fingerprint density at radius 1 is 1.00 bits per heavy atom. The van der Waals surface area contributed by atoms with E-state index in [1.54, 1.807) is 12.1 Å². The van der Waals surface area contributed by atoms with E-state index < -0.39 is 11.9 Å². The summed E-state index contributed by atoms with van der Waals surface area (Å²) in [7, 11) is 0. The first kappa shape index (κ1) is 13.6. The van der Waals surface area contributed by atoms with Crippen LogP contribution in [0.4, 0.5) is 0 Å². The van der Waals surface area contributed by atoms with E-state index in [4.69, 9.17) is 10.2 Å². The van der Waals surface area contributed by atoms with Gasteiger partial charge in [0.25, 0.3) is 0 Å². The summed E-state index contributed by atoms with van der Waals surface area (Å²) in [5.74, 6) is -2.30. The van der Waals surface area contributed by atoms with Crippen molar-refractivity contribution in [2.24, 2.45) is 0 Å². The standard InChI is InChI=1S/C11H7NO4.Na.H/c13-10(14)7-3-1-2-6-4-5-8(11(15)16)12-9(6)7;;/h1-5H,(H,13,14)(H,15,16);;. The average molecular weight is 241 g/mol. The number of pyridine rings is 1. The Kier molecular flexibility index (Phi) is 4.22. The summed E-state index contributed by atoms with van der Waals surface area (Å²) in [6.07, 6.45) is 0. The zero-order valence-electron chi connectivity index (χ0n) is 8.04. The van der Waals surface area contributed by atoms with Gasteiger partial charge in [0, 0.05) is 5.39 Å². The normalized spacial score (nSPS) is 9.65. The molecule has 0 amide bonds. The number of fused-ring (bicyclic) bond motifs is 1. The van der Waals surface area contributed by atoms with E-state index in [0.717, 1.165) is 0 Å². The predicted octanol–water partition coefficient (Wildman–Crippen LogP) is 0.983. The Morgan fingerprint density at radius 3 is 2.29 bits per heavy atom. The van der Waals surface area contributed by atoms with Gasteiger partial charge in [-0.15, -0.1) is 0 Å². The number of nitrogens with zero attached hydrogens (tertiary/aromatic N) is 1. The second-order valence-corrected chi connectivity index (χ2v) is 3.18. The van der Waals surface area contributed by atoms with Gasteiger partial charge in [-0.25, -0.2) is 14.6 Å². The van der Waals surface area contributed by atoms with Crippen molar-refractivity contribution in [3.05, 3.63) is 41.6 Å². The molecule has 0 spiro atoms. The van der Waals surface area contributed by atoms with Crippen molar-refractivity contribution in [3.8, 4) is 0 Å². The van der Waals surface area contributed by atoms with Gasteiger partial charge < -0.3 is 10.2 Å². The molecule has 0 bridgehead atoms. The molecule has 0 unspecified atom stereocenters. The van der Waals surface area contributed by atoms with E-state index in [1.807, 2.05) is 0 Å². The first-order valence-corrected chi connectivity index (χ1v) is 4.46. The third-order valence-electron chi connectivity index (χ3n) is 2.17. The molecule has 0 radical (unpaired) electrons. The average Bonchev–Trinajstić information content (AvgIpc) is 2.27. The van der Waals surface area contributed by atoms with Crippen LogP contribution in [-0.4, -0.2) is 56.7 Å². The van der Waals surface area contributed by atoms with Crippen molar-refractivity contribution in [3.63, 3.8) is 0 Å². The Balaban J connectivity index is 0.00000144. The fraction of sp³-hybridized carbons (Fsp3) is 0. The Bertz CT molecular complexity index is 597. The number of carboxylic acids is 2. The van der Waals surface area contributed by atoms with Crippen LogP contribution >= 0.6 is 0 Å². The zero-order chi connectivity index (χ0) is 11.7. The van der Waals surface area contributed by atoms with Crippen LogP contribution in [0.15, 0.2) is 30.3 Å². The molecule has 2 rings (SSSR count). The summed E-state index contributed by atoms with van der Waals surface area (Å²) in [6.45, 7) is 0. The van der Waals surface area contributed by atoms with Gasteiger partial charge in [-0.1, -0.05) is 18.2 Å². The van der Waals surface area contributed by atoms with E-state index in [2.05, 4.69) is 4.98 Å². The van der Waals surface area contributed by atoms with Gasteiger partial charge in [-0.2, -0.15) is 0 Å². The van der Waals surface area contributed by atoms with Gasteiger partial charge in [0.15, 0.2) is 0 Å². The molecular weight excluding hydrogens is 233 g/mol. The Labute approximate surface area is 118 Å². The van der Waals surface area contributed by atoms with E-state index >= 15 is 0 Å². The summed E-state index contributed by atoms with van der Waals surface area (Å²) in [4.78, 5) is 25.4. The van der Waals surface area contributed by atoms with Gasteiger partial charge in [-0.05, 0) is 12.1 Å². The van der Waals surface area contributed by atoms with Crippen molar-refractivity contribution in [2.75, 3.05) is 0 Å². The Morgan fingerprint density at radius 2 is 1.71 bits per heavy atom. The number of para-hydroxylation sites is 1. The van der Waals surface area contributed by atoms with E-state index in [0.29, 0.717) is 5.39 Å². The molecule has 6 heteroatoms. The van der Waals surface area contributed by atoms with Crippen LogP contribution in [0.5, 0.6) is 0 Å². The van der Waals surface area contributed by atoms with Gasteiger partial charge in [0.2, 0.25) is 0 Å². The monoisotopic (exact) mass is 241 g/mol. The van der Waals surface area contributed by atoms with Crippen molar-refractivity contribution >= 4 is 52.4 Å². The summed E-state index contributed by atoms with van der Waals surface area (Å²) < 4.78 is 0. The van der Waals surface area contributed by atoms with Crippen LogP contribution in [0.1, 0.15) is 20.8 Å². The number of hydrogen-bond acceptors (Lipinski definition) is 3. The summed E-state index contributed by atoms with van der Waals surface area (Å²) in [5.41, 5.74) is 0.0247. The number of carbonyl (C=O) groups is 2. The molecule has 1 aromatic carbocycles. The SMILES string of the molecule is O=C(O)c1ccc2cccc(C(=O)O)c2n1.[NaH]. The third kappa shape index (κ3) is 2.63. The molecule has 2 aromatic rings. The molecule has 5 nitrogen and oxygen atoms in total. The third-order valence-corrected chi connectivity index (χ3v) is 2.17. The summed E-state index contributed by atoms with van der Waals surface area (Å²) in [6, 6.07) is 7.55. The molecule has 0 atom stereocenters. The number of aromatic carboxylic acids is 2. The molecule has 0 saturated carbocycles. The number of carboxylic acid groups (broad SMARTS) is 2. The van der Waals surface area contributed by atoms with Crippen LogP contribution in [-0.2, 0) is 0 Å². The predicted molar refractivity (Wildman–Crippen MR) is 62.8 cm³/mol. The second-order valence-electron chi connectivity index (χ2n) is 3.18. The minimum absolute atomic E-state index is 0. The number of benzene rings is 1. The van der Waals surface area contributed by atoms with Crippen molar-refractivity contribution in [1.82, 2.24) is 4.98 Å². The van der Waals surface area contributed by atoms with Gasteiger partial charge >= 0.3 is 41.5 Å². The molecule has 2 N–H and O–H groups in total. The van der Waals surface area contributed by atoms with Crippen LogP contribution in [0, 0.1) is 0 Å². The molecule has 0 aliphatic carbocycles. The molecule has 0 fully saturated rings. The van der Waals surface area contributed by atoms with Crippen molar-refractivity contribution in [2.45, 2.75) is 0 Å². The van der Waals surface area contributed by atoms with E-state index in [-0.39, 0.29) is 46.3 Å². The molecule has 82 valence electrons. The van der Waals surface area contributed by atoms with Crippen LogP contribution in [0.25, 0.3) is 10.9 Å². The van der Waals surface area contributed by atoms with Gasteiger partial charge in [0.05, 0.1) is 11.1 Å². The maximum absolute atomic E-state index is 10.9. The first-order valence-electron chi connectivity index (χ1n) is 4.46. The summed E-state index contributed by atoms with van der Waals surface area (Å²) in [5, 5.41) is 18.3. The molecule has 0 saturated heterocycles. The van der Waals surface area contributed by atoms with Crippen molar-refractivity contribution in [1.29, 1.82) is 0 Å². The molecule has 0 aliphatic rings. The van der Waals surface area contributed by atoms with E-state index in [9.17, 15) is 9.59 Å². The van der Waals surface area contributed by atoms with E-state index in [1.165, 1.54) is 18.2 Å². The van der Waals surface area contributed by atoms with Crippen LogP contribution in [0.3, 0.4) is 0 Å². The van der Waals surface area contributed by atoms with Crippen LogP contribution < -0.4 is 0 Å². The van der Waals surface area contributed by atoms with Crippen molar-refractivity contribution < 1.29 is 19.8 Å². The number of aromatic nitrogens is 1. The van der Waals surface area contributed by atoms with Crippen LogP contribution in [0.2, 0.25) is 0 Å². The van der Waals surface area contributed by atoms with Gasteiger partial charge in [0.1, 0.15) is 5.69 Å². The first-order chi connectivity index (χ1) is 7.59.